The minimum Gasteiger partial charge on any atom is -0.156 e. The summed E-state index contributed by atoms with van der Waals surface area (Å²) in [6.45, 7) is 0. The summed E-state index contributed by atoms with van der Waals surface area (Å²) in [5.41, 5.74) is 0. The van der Waals surface area contributed by atoms with Crippen molar-refractivity contribution >= 4 is 23.5 Å². The van der Waals surface area contributed by atoms with Crippen LogP contribution in [0, 0.1) is 5.92 Å². The van der Waals surface area contributed by atoms with Crippen LogP contribution in [0.4, 0.5) is 0 Å². The number of allylic oxidation sites excluding steroid dienone is 2. The number of rotatable bonds is 1. The Hall–Kier alpha value is 0.440. The van der Waals surface area contributed by atoms with E-state index in [4.69, 9.17) is 0 Å². The second kappa shape index (κ2) is 1.98. The van der Waals surface area contributed by atoms with Gasteiger partial charge in [-0.1, -0.05) is 11.8 Å². The van der Waals surface area contributed by atoms with Gasteiger partial charge in [0.05, 0.1) is 0 Å². The van der Waals surface area contributed by atoms with Crippen LogP contribution in [0.15, 0.2) is 9.81 Å². The molecule has 1 fully saturated rings. The Labute approximate surface area is 69.8 Å². The van der Waals surface area contributed by atoms with Crippen molar-refractivity contribution in [3.05, 3.63) is 9.81 Å². The van der Waals surface area contributed by atoms with E-state index in [1.807, 2.05) is 0 Å². The second-order valence-electron chi connectivity index (χ2n) is 3.32. The van der Waals surface area contributed by atoms with Gasteiger partial charge in [-0.05, 0) is 35.0 Å². The zero-order valence-electron chi connectivity index (χ0n) is 5.80. The Kier molecular flexibility index (Phi) is 1.19. The van der Waals surface area contributed by atoms with Crippen LogP contribution in [0.25, 0.3) is 0 Å². The summed E-state index contributed by atoms with van der Waals surface area (Å²) in [6.07, 6.45) is 4.35. The maximum absolute atomic E-state index is 2.16. The van der Waals surface area contributed by atoms with Crippen molar-refractivity contribution in [3.8, 4) is 0 Å². The van der Waals surface area contributed by atoms with Gasteiger partial charge >= 0.3 is 0 Å². The minimum absolute atomic E-state index is 1.07. The Balaban J connectivity index is 1.73. The maximum atomic E-state index is 2.16. The summed E-state index contributed by atoms with van der Waals surface area (Å²) < 4.78 is 0. The molecule has 54 valence electrons. The van der Waals surface area contributed by atoms with E-state index in [2.05, 4.69) is 23.5 Å². The van der Waals surface area contributed by atoms with Gasteiger partial charge in [0, 0.05) is 11.0 Å². The van der Waals surface area contributed by atoms with Crippen molar-refractivity contribution in [2.45, 2.75) is 24.5 Å². The van der Waals surface area contributed by atoms with Crippen LogP contribution in [0.1, 0.15) is 19.3 Å². The molecular weight excluding hydrogens is 160 g/mol. The summed E-state index contributed by atoms with van der Waals surface area (Å²) in [6, 6.07) is 0. The van der Waals surface area contributed by atoms with Crippen molar-refractivity contribution in [3.63, 3.8) is 0 Å². The number of hydrogen-bond acceptors (Lipinski definition) is 2. The van der Waals surface area contributed by atoms with Crippen molar-refractivity contribution in [1.82, 2.24) is 0 Å². The molecule has 0 N–H and O–H groups in total. The third kappa shape index (κ3) is 0.928. The van der Waals surface area contributed by atoms with E-state index in [0.717, 1.165) is 11.2 Å². The van der Waals surface area contributed by atoms with Gasteiger partial charge in [0.2, 0.25) is 0 Å². The maximum Gasteiger partial charge on any atom is 0.0170 e. The highest BCUT2D eigenvalue weighted by Crippen LogP contribution is 2.58. The van der Waals surface area contributed by atoms with Gasteiger partial charge in [0.25, 0.3) is 0 Å². The average Bonchev–Trinajstić information content (AvgIpc) is 2.83. The lowest BCUT2D eigenvalue weighted by Gasteiger charge is -2.13. The van der Waals surface area contributed by atoms with Crippen LogP contribution >= 0.6 is 23.5 Å². The van der Waals surface area contributed by atoms with E-state index in [-0.39, 0.29) is 0 Å². The molecule has 2 unspecified atom stereocenters. The van der Waals surface area contributed by atoms with Gasteiger partial charge in [0.15, 0.2) is 0 Å². The quantitative estimate of drug-likeness (QED) is 0.555. The average molecular weight is 170 g/mol. The van der Waals surface area contributed by atoms with E-state index in [0.29, 0.717) is 0 Å². The Morgan fingerprint density at radius 3 is 2.90 bits per heavy atom. The SMILES string of the molecule is C1CC(C2CS2)CC2=C1S2. The van der Waals surface area contributed by atoms with Crippen LogP contribution in [0.2, 0.25) is 0 Å². The number of hydrogen-bond donors (Lipinski definition) is 0. The molecule has 3 rings (SSSR count). The van der Waals surface area contributed by atoms with Crippen LogP contribution < -0.4 is 0 Å². The van der Waals surface area contributed by atoms with Gasteiger partial charge in [-0.2, -0.15) is 11.8 Å². The van der Waals surface area contributed by atoms with Crippen molar-refractivity contribution in [1.29, 1.82) is 0 Å². The Morgan fingerprint density at radius 1 is 1.30 bits per heavy atom. The van der Waals surface area contributed by atoms with Crippen molar-refractivity contribution in [2.24, 2.45) is 5.92 Å². The molecule has 10 heavy (non-hydrogen) atoms. The molecule has 0 aromatic carbocycles. The third-order valence-electron chi connectivity index (χ3n) is 2.59. The largest absolute Gasteiger partial charge is 0.156 e. The first-order valence-electron chi connectivity index (χ1n) is 3.95. The number of thioether (sulfide) groups is 2. The molecule has 0 spiro atoms. The second-order valence-corrected chi connectivity index (χ2v) is 5.78. The molecule has 1 saturated heterocycles. The smallest absolute Gasteiger partial charge is 0.0170 e. The van der Waals surface area contributed by atoms with E-state index in [1.54, 1.807) is 9.81 Å². The lowest BCUT2D eigenvalue weighted by atomic mass is 9.92. The highest BCUT2D eigenvalue weighted by Gasteiger charge is 2.39. The highest BCUT2D eigenvalue weighted by atomic mass is 32.2. The Morgan fingerprint density at radius 2 is 2.20 bits per heavy atom. The summed E-state index contributed by atoms with van der Waals surface area (Å²) in [4.78, 5) is 3.49. The van der Waals surface area contributed by atoms with E-state index < -0.39 is 0 Å². The fourth-order valence-electron chi connectivity index (χ4n) is 1.77. The lowest BCUT2D eigenvalue weighted by molar-refractivity contribution is 0.498. The van der Waals surface area contributed by atoms with Crippen LogP contribution in [0.3, 0.4) is 0 Å². The molecule has 0 aromatic rings. The molecule has 2 heterocycles. The van der Waals surface area contributed by atoms with Gasteiger partial charge in [-0.3, -0.25) is 0 Å². The molecule has 0 radical (unpaired) electrons. The lowest BCUT2D eigenvalue weighted by Crippen LogP contribution is -2.07. The molecule has 0 aromatic heterocycles. The Bertz CT molecular complexity index is 203. The fourth-order valence-corrected chi connectivity index (χ4v) is 3.61. The molecule has 2 atom stereocenters. The first-order chi connectivity index (χ1) is 4.93. The van der Waals surface area contributed by atoms with E-state index in [1.165, 1.54) is 25.0 Å². The van der Waals surface area contributed by atoms with Gasteiger partial charge in [-0.25, -0.2) is 0 Å². The molecule has 1 aliphatic carbocycles. The molecular formula is C8H10S2. The normalized spacial score (nSPS) is 43.2. The summed E-state index contributed by atoms with van der Waals surface area (Å²) in [5, 5.41) is 1.07. The first kappa shape index (κ1) is 6.01. The monoisotopic (exact) mass is 170 g/mol. The topological polar surface area (TPSA) is 0 Å². The summed E-state index contributed by atoms with van der Waals surface area (Å²) in [7, 11) is 0. The summed E-state index contributed by atoms with van der Waals surface area (Å²) in [5.74, 6) is 2.52. The molecule has 3 aliphatic rings. The zero-order valence-corrected chi connectivity index (χ0v) is 7.43. The van der Waals surface area contributed by atoms with Gasteiger partial charge in [0.1, 0.15) is 0 Å². The van der Waals surface area contributed by atoms with Crippen LogP contribution in [-0.4, -0.2) is 11.0 Å². The van der Waals surface area contributed by atoms with Gasteiger partial charge in [-0.15, -0.1) is 0 Å². The molecule has 0 saturated carbocycles. The molecule has 0 nitrogen and oxygen atoms in total. The standard InChI is InChI=1S/C8H10S2/c1-2-6-7(10-6)3-5(1)8-4-9-8/h5,8H,1-4H2. The zero-order chi connectivity index (χ0) is 6.55. The van der Waals surface area contributed by atoms with E-state index >= 15 is 0 Å². The van der Waals surface area contributed by atoms with Crippen LogP contribution in [0.5, 0.6) is 0 Å². The minimum atomic E-state index is 1.07. The molecule has 0 amide bonds. The van der Waals surface area contributed by atoms with Crippen molar-refractivity contribution < 1.29 is 0 Å². The predicted molar refractivity (Wildman–Crippen MR) is 48.2 cm³/mol. The molecule has 2 heteroatoms. The molecule has 0 bridgehead atoms. The molecule has 2 aliphatic heterocycles. The summed E-state index contributed by atoms with van der Waals surface area (Å²) >= 11 is 4.24. The van der Waals surface area contributed by atoms with Crippen molar-refractivity contribution in [2.75, 3.05) is 5.75 Å². The van der Waals surface area contributed by atoms with Gasteiger partial charge < -0.3 is 0 Å². The highest BCUT2D eigenvalue weighted by molar-refractivity contribution is 8.13. The third-order valence-corrected chi connectivity index (χ3v) is 4.85. The fraction of sp³-hybridized carbons (Fsp3) is 0.750. The van der Waals surface area contributed by atoms with E-state index in [9.17, 15) is 0 Å². The van der Waals surface area contributed by atoms with Crippen LogP contribution in [-0.2, 0) is 0 Å². The first-order valence-corrected chi connectivity index (χ1v) is 5.81. The predicted octanol–water partition coefficient (Wildman–Crippen LogP) is 2.86.